The molecular weight excluding hydrogens is 366 g/mol. The predicted molar refractivity (Wildman–Crippen MR) is 104 cm³/mol. The molecule has 2 aliphatic rings. The highest BCUT2D eigenvalue weighted by molar-refractivity contribution is 6.30. The van der Waals surface area contributed by atoms with Gasteiger partial charge in [0.2, 0.25) is 17.8 Å². The Morgan fingerprint density at radius 2 is 1.85 bits per heavy atom. The molecule has 2 amide bonds. The highest BCUT2D eigenvalue weighted by Gasteiger charge is 2.38. The number of imidazole rings is 1. The Bertz CT molecular complexity index is 842. The number of aromatic nitrogens is 2. The summed E-state index contributed by atoms with van der Waals surface area (Å²) in [5.41, 5.74) is 0.791. The molecule has 3 heterocycles. The van der Waals surface area contributed by atoms with Gasteiger partial charge in [0.1, 0.15) is 0 Å². The first-order chi connectivity index (χ1) is 13.0. The molecule has 0 N–H and O–H groups in total. The molecule has 1 unspecified atom stereocenters. The van der Waals surface area contributed by atoms with Gasteiger partial charge in [0.25, 0.3) is 0 Å². The van der Waals surface area contributed by atoms with Gasteiger partial charge in [0, 0.05) is 69.3 Å². The maximum atomic E-state index is 12.9. The molecule has 1 atom stereocenters. The fourth-order valence-corrected chi connectivity index (χ4v) is 3.92. The fraction of sp³-hybridized carbons (Fsp3) is 0.421. The third kappa shape index (κ3) is 3.51. The third-order valence-electron chi connectivity index (χ3n) is 5.28. The van der Waals surface area contributed by atoms with Gasteiger partial charge in [-0.1, -0.05) is 11.6 Å². The quantitative estimate of drug-likeness (QED) is 0.805. The van der Waals surface area contributed by atoms with Crippen molar-refractivity contribution in [3.8, 4) is 0 Å². The van der Waals surface area contributed by atoms with Crippen molar-refractivity contribution in [3.05, 3.63) is 41.7 Å². The second kappa shape index (κ2) is 7.23. The number of hydrogen-bond acceptors (Lipinski definition) is 4. The molecule has 0 spiro atoms. The number of carbonyl (C=O) groups excluding carboxylic acids is 2. The largest absolute Gasteiger partial charge is 0.339 e. The summed E-state index contributed by atoms with van der Waals surface area (Å²) >= 11 is 5.92. The number of piperazine rings is 1. The number of nitrogens with zero attached hydrogens (tertiary/aromatic N) is 5. The standard InChI is InChI=1S/C19H22ClN5O2/c1-22-7-6-21-19(22)24-10-8-23(9-11-24)18(27)14-12-17(26)25(13-14)16-4-2-15(20)3-5-16/h2-7,14H,8-13H2,1H3. The lowest BCUT2D eigenvalue weighted by Gasteiger charge is -2.36. The van der Waals surface area contributed by atoms with E-state index in [9.17, 15) is 9.59 Å². The number of rotatable bonds is 3. The van der Waals surface area contributed by atoms with E-state index in [1.165, 1.54) is 0 Å². The molecule has 1 aromatic carbocycles. The summed E-state index contributed by atoms with van der Waals surface area (Å²) < 4.78 is 1.98. The topological polar surface area (TPSA) is 61.7 Å². The molecule has 27 heavy (non-hydrogen) atoms. The van der Waals surface area contributed by atoms with Crippen molar-refractivity contribution in [2.24, 2.45) is 13.0 Å². The van der Waals surface area contributed by atoms with E-state index in [0.717, 1.165) is 24.7 Å². The van der Waals surface area contributed by atoms with Crippen LogP contribution in [0.1, 0.15) is 6.42 Å². The summed E-state index contributed by atoms with van der Waals surface area (Å²) in [5.74, 6) is 0.696. The van der Waals surface area contributed by atoms with Crippen molar-refractivity contribution in [2.45, 2.75) is 6.42 Å². The number of anilines is 2. The normalized spacial score (nSPS) is 20.4. The fourth-order valence-electron chi connectivity index (χ4n) is 3.79. The molecule has 0 radical (unpaired) electrons. The van der Waals surface area contributed by atoms with Gasteiger partial charge in [-0.25, -0.2) is 4.98 Å². The summed E-state index contributed by atoms with van der Waals surface area (Å²) in [7, 11) is 1.97. The zero-order valence-corrected chi connectivity index (χ0v) is 16.0. The Labute approximate surface area is 163 Å². The Kier molecular flexibility index (Phi) is 4.78. The SMILES string of the molecule is Cn1ccnc1N1CCN(C(=O)C2CC(=O)N(c3ccc(Cl)cc3)C2)CC1. The second-order valence-corrected chi connectivity index (χ2v) is 7.47. The molecule has 2 aliphatic heterocycles. The molecule has 2 fully saturated rings. The Morgan fingerprint density at radius 1 is 1.15 bits per heavy atom. The zero-order chi connectivity index (χ0) is 19.0. The average molecular weight is 388 g/mol. The molecule has 2 saturated heterocycles. The van der Waals surface area contributed by atoms with Crippen molar-refractivity contribution >= 4 is 35.1 Å². The van der Waals surface area contributed by atoms with Crippen molar-refractivity contribution in [1.29, 1.82) is 0 Å². The molecule has 142 valence electrons. The van der Waals surface area contributed by atoms with Gasteiger partial charge in [-0.05, 0) is 24.3 Å². The highest BCUT2D eigenvalue weighted by atomic mass is 35.5. The first-order valence-corrected chi connectivity index (χ1v) is 9.48. The predicted octanol–water partition coefficient (Wildman–Crippen LogP) is 1.78. The van der Waals surface area contributed by atoms with Crippen LogP contribution in [0.15, 0.2) is 36.7 Å². The van der Waals surface area contributed by atoms with Gasteiger partial charge in [-0.15, -0.1) is 0 Å². The van der Waals surface area contributed by atoms with Gasteiger partial charge in [-0.3, -0.25) is 9.59 Å². The number of amides is 2. The summed E-state index contributed by atoms with van der Waals surface area (Å²) in [6.07, 6.45) is 3.96. The van der Waals surface area contributed by atoms with Crippen LogP contribution in [-0.4, -0.2) is 59.0 Å². The van der Waals surface area contributed by atoms with Gasteiger partial charge < -0.3 is 19.3 Å². The van der Waals surface area contributed by atoms with Crippen LogP contribution in [0, 0.1) is 5.92 Å². The lowest BCUT2D eigenvalue weighted by molar-refractivity contribution is -0.136. The summed E-state index contributed by atoms with van der Waals surface area (Å²) in [6, 6.07) is 7.16. The van der Waals surface area contributed by atoms with Crippen LogP contribution < -0.4 is 9.80 Å². The van der Waals surface area contributed by atoms with Gasteiger partial charge in [0.15, 0.2) is 0 Å². The van der Waals surface area contributed by atoms with E-state index in [2.05, 4.69) is 9.88 Å². The molecule has 1 aromatic heterocycles. The minimum absolute atomic E-state index is 0.0117. The smallest absolute Gasteiger partial charge is 0.228 e. The monoisotopic (exact) mass is 387 g/mol. The van der Waals surface area contributed by atoms with E-state index in [-0.39, 0.29) is 24.2 Å². The van der Waals surface area contributed by atoms with Crippen LogP contribution in [0.25, 0.3) is 0 Å². The van der Waals surface area contributed by atoms with E-state index in [4.69, 9.17) is 11.6 Å². The van der Waals surface area contributed by atoms with Crippen LogP contribution in [0.3, 0.4) is 0 Å². The second-order valence-electron chi connectivity index (χ2n) is 7.03. The first kappa shape index (κ1) is 17.9. The number of carbonyl (C=O) groups is 2. The number of hydrogen-bond donors (Lipinski definition) is 0. The number of benzene rings is 1. The van der Waals surface area contributed by atoms with E-state index in [0.29, 0.717) is 24.7 Å². The van der Waals surface area contributed by atoms with Crippen molar-refractivity contribution in [1.82, 2.24) is 14.5 Å². The number of aryl methyl sites for hydroxylation is 1. The van der Waals surface area contributed by atoms with Gasteiger partial charge >= 0.3 is 0 Å². The van der Waals surface area contributed by atoms with Crippen LogP contribution in [-0.2, 0) is 16.6 Å². The number of halogens is 1. The molecular formula is C19H22ClN5O2. The Balaban J connectivity index is 1.37. The van der Waals surface area contributed by atoms with Gasteiger partial charge in [-0.2, -0.15) is 0 Å². The van der Waals surface area contributed by atoms with Crippen LogP contribution >= 0.6 is 11.6 Å². The van der Waals surface area contributed by atoms with Crippen molar-refractivity contribution < 1.29 is 9.59 Å². The molecule has 0 aliphatic carbocycles. The summed E-state index contributed by atoms with van der Waals surface area (Å²) in [6.45, 7) is 3.23. The van der Waals surface area contributed by atoms with E-state index in [1.54, 1.807) is 23.2 Å². The zero-order valence-electron chi connectivity index (χ0n) is 15.2. The van der Waals surface area contributed by atoms with Crippen LogP contribution in [0.5, 0.6) is 0 Å². The van der Waals surface area contributed by atoms with E-state index >= 15 is 0 Å². The van der Waals surface area contributed by atoms with Gasteiger partial charge in [0.05, 0.1) is 5.92 Å². The Hall–Kier alpha value is -2.54. The minimum Gasteiger partial charge on any atom is -0.339 e. The van der Waals surface area contributed by atoms with Crippen LogP contribution in [0.2, 0.25) is 5.02 Å². The molecule has 7 nitrogen and oxygen atoms in total. The maximum absolute atomic E-state index is 12.9. The maximum Gasteiger partial charge on any atom is 0.228 e. The molecule has 4 rings (SSSR count). The minimum atomic E-state index is -0.284. The summed E-state index contributed by atoms with van der Waals surface area (Å²) in [5, 5.41) is 0.628. The van der Waals surface area contributed by atoms with Crippen molar-refractivity contribution in [2.75, 3.05) is 42.5 Å². The average Bonchev–Trinajstić information content (AvgIpc) is 3.28. The summed E-state index contributed by atoms with van der Waals surface area (Å²) in [4.78, 5) is 35.4. The molecule has 2 aromatic rings. The lowest BCUT2D eigenvalue weighted by Crippen LogP contribution is -2.51. The lowest BCUT2D eigenvalue weighted by atomic mass is 10.1. The van der Waals surface area contributed by atoms with E-state index < -0.39 is 0 Å². The van der Waals surface area contributed by atoms with E-state index in [1.807, 2.05) is 34.8 Å². The third-order valence-corrected chi connectivity index (χ3v) is 5.53. The molecule has 0 bridgehead atoms. The van der Waals surface area contributed by atoms with Crippen molar-refractivity contribution in [3.63, 3.8) is 0 Å². The highest BCUT2D eigenvalue weighted by Crippen LogP contribution is 2.28. The van der Waals surface area contributed by atoms with Crippen LogP contribution in [0.4, 0.5) is 11.6 Å². The first-order valence-electron chi connectivity index (χ1n) is 9.10. The Morgan fingerprint density at radius 3 is 2.48 bits per heavy atom. The molecule has 0 saturated carbocycles. The molecule has 8 heteroatoms.